The number of benzene rings is 2. The van der Waals surface area contributed by atoms with E-state index in [0.717, 1.165) is 11.1 Å². The number of methoxy groups -OCH3 is 1. The summed E-state index contributed by atoms with van der Waals surface area (Å²) in [6, 6.07) is 20.3. The highest BCUT2D eigenvalue weighted by Crippen LogP contribution is 2.27. The number of sulfonamides is 1. The number of rotatable bonds is 7. The van der Waals surface area contributed by atoms with E-state index in [9.17, 15) is 13.2 Å². The molecule has 0 atom stereocenters. The van der Waals surface area contributed by atoms with Crippen molar-refractivity contribution in [1.82, 2.24) is 9.62 Å². The fraction of sp³-hybridized carbons (Fsp3) is 0.240. The molecule has 8 heteroatoms. The van der Waals surface area contributed by atoms with E-state index >= 15 is 0 Å². The number of likely N-dealkylation sites (tertiary alicyclic amines) is 1. The van der Waals surface area contributed by atoms with Gasteiger partial charge in [0, 0.05) is 30.3 Å². The minimum absolute atomic E-state index is 0.0772. The monoisotopic (exact) mass is 482 g/mol. The van der Waals surface area contributed by atoms with E-state index in [2.05, 4.69) is 4.72 Å². The molecule has 1 fully saturated rings. The zero-order valence-corrected chi connectivity index (χ0v) is 19.9. The molecule has 1 aliphatic rings. The molecule has 0 saturated carbocycles. The molecular formula is C25H26N2O4S2. The van der Waals surface area contributed by atoms with Crippen LogP contribution in [0.5, 0.6) is 5.75 Å². The van der Waals surface area contributed by atoms with E-state index in [1.165, 1.54) is 11.3 Å². The van der Waals surface area contributed by atoms with Gasteiger partial charge in [0.25, 0.3) is 5.91 Å². The first-order chi connectivity index (χ1) is 16.0. The van der Waals surface area contributed by atoms with Crippen molar-refractivity contribution >= 4 is 38.9 Å². The second-order valence-electron chi connectivity index (χ2n) is 7.79. The molecule has 4 rings (SSSR count). The Balaban J connectivity index is 1.52. The van der Waals surface area contributed by atoms with Crippen molar-refractivity contribution in [3.63, 3.8) is 0 Å². The van der Waals surface area contributed by atoms with Crippen LogP contribution < -0.4 is 9.46 Å². The molecule has 0 spiro atoms. The van der Waals surface area contributed by atoms with Crippen LogP contribution in [-0.2, 0) is 14.8 Å². The molecule has 1 aromatic heterocycles. The number of para-hydroxylation sites is 1. The average Bonchev–Trinajstić information content (AvgIpc) is 3.39. The first-order valence-electron chi connectivity index (χ1n) is 10.7. The van der Waals surface area contributed by atoms with E-state index in [-0.39, 0.29) is 11.9 Å². The van der Waals surface area contributed by atoms with Crippen molar-refractivity contribution in [2.75, 3.05) is 20.2 Å². The lowest BCUT2D eigenvalue weighted by Crippen LogP contribution is -2.46. The molecule has 1 aliphatic heterocycles. The molecule has 2 heterocycles. The molecule has 1 saturated heterocycles. The number of amides is 1. The van der Waals surface area contributed by atoms with Gasteiger partial charge in [-0.25, -0.2) is 13.1 Å². The highest BCUT2D eigenvalue weighted by molar-refractivity contribution is 7.91. The Labute approximate surface area is 198 Å². The number of nitrogens with zero attached hydrogens (tertiary/aromatic N) is 1. The van der Waals surface area contributed by atoms with Gasteiger partial charge in [-0.1, -0.05) is 54.6 Å². The van der Waals surface area contributed by atoms with Crippen LogP contribution in [0.2, 0.25) is 0 Å². The number of carbonyl (C=O) groups excluding carboxylic acids is 1. The minimum atomic E-state index is -3.52. The fourth-order valence-corrected chi connectivity index (χ4v) is 6.21. The highest BCUT2D eigenvalue weighted by Gasteiger charge is 2.28. The number of carbonyl (C=O) groups is 1. The normalized spacial score (nSPS) is 15.4. The Morgan fingerprint density at radius 1 is 1.03 bits per heavy atom. The Hall–Kier alpha value is -2.94. The lowest BCUT2D eigenvalue weighted by molar-refractivity contribution is -0.125. The van der Waals surface area contributed by atoms with Crippen LogP contribution in [0.15, 0.2) is 76.3 Å². The quantitative estimate of drug-likeness (QED) is 0.403. The summed E-state index contributed by atoms with van der Waals surface area (Å²) in [6.45, 7) is 0.957. The summed E-state index contributed by atoms with van der Waals surface area (Å²) in [5, 5.41) is 1.75. The van der Waals surface area contributed by atoms with Gasteiger partial charge in [0.1, 0.15) is 9.96 Å². The second-order valence-corrected chi connectivity index (χ2v) is 10.7. The molecule has 0 unspecified atom stereocenters. The smallest absolute Gasteiger partial charge is 0.254 e. The highest BCUT2D eigenvalue weighted by atomic mass is 32.2. The maximum absolute atomic E-state index is 13.6. The SMILES string of the molecule is COc1ccccc1/C=C(/C(=O)N1CCC(NS(=O)(=O)c2cccs2)CC1)c1ccccc1. The second kappa shape index (κ2) is 10.3. The first-order valence-corrected chi connectivity index (χ1v) is 13.1. The molecule has 172 valence electrons. The maximum Gasteiger partial charge on any atom is 0.254 e. The van der Waals surface area contributed by atoms with Gasteiger partial charge in [-0.3, -0.25) is 4.79 Å². The molecule has 33 heavy (non-hydrogen) atoms. The number of thiophene rings is 1. The standard InChI is InChI=1S/C25H26N2O4S2/c1-31-23-11-6-5-10-20(23)18-22(19-8-3-2-4-9-19)25(28)27-15-13-21(14-16-27)26-33(29,30)24-12-7-17-32-24/h2-12,17-18,21,26H,13-16H2,1H3/b22-18+. The predicted molar refractivity (Wildman–Crippen MR) is 132 cm³/mol. The first kappa shape index (κ1) is 23.2. The van der Waals surface area contributed by atoms with Crippen LogP contribution in [0.25, 0.3) is 11.6 Å². The molecule has 0 aliphatic carbocycles. The van der Waals surface area contributed by atoms with Crippen molar-refractivity contribution in [2.24, 2.45) is 0 Å². The van der Waals surface area contributed by atoms with Crippen LogP contribution in [0.3, 0.4) is 0 Å². The minimum Gasteiger partial charge on any atom is -0.496 e. The topological polar surface area (TPSA) is 75.7 Å². The summed E-state index contributed by atoms with van der Waals surface area (Å²) in [5.74, 6) is 0.618. The summed E-state index contributed by atoms with van der Waals surface area (Å²) < 4.78 is 33.6. The largest absolute Gasteiger partial charge is 0.496 e. The zero-order valence-electron chi connectivity index (χ0n) is 18.3. The van der Waals surface area contributed by atoms with Crippen LogP contribution in [0, 0.1) is 0 Å². The molecule has 0 bridgehead atoms. The molecule has 3 aromatic rings. The van der Waals surface area contributed by atoms with Gasteiger partial charge in [0.2, 0.25) is 10.0 Å². The Morgan fingerprint density at radius 3 is 2.39 bits per heavy atom. The summed E-state index contributed by atoms with van der Waals surface area (Å²) in [5.41, 5.74) is 2.23. The zero-order chi connectivity index (χ0) is 23.3. The number of piperidine rings is 1. The summed E-state index contributed by atoms with van der Waals surface area (Å²) >= 11 is 1.20. The van der Waals surface area contributed by atoms with Crippen molar-refractivity contribution in [1.29, 1.82) is 0 Å². The van der Waals surface area contributed by atoms with Crippen molar-refractivity contribution in [2.45, 2.75) is 23.1 Å². The number of ether oxygens (including phenoxy) is 1. The van der Waals surface area contributed by atoms with Gasteiger partial charge in [-0.15, -0.1) is 11.3 Å². The van der Waals surface area contributed by atoms with Crippen LogP contribution in [0.1, 0.15) is 24.0 Å². The third-order valence-corrected chi connectivity index (χ3v) is 8.54. The van der Waals surface area contributed by atoms with Gasteiger partial charge >= 0.3 is 0 Å². The van der Waals surface area contributed by atoms with Crippen LogP contribution in [0.4, 0.5) is 0 Å². The van der Waals surface area contributed by atoms with Gasteiger partial charge in [-0.05, 0) is 42.0 Å². The number of hydrogen-bond acceptors (Lipinski definition) is 5. The van der Waals surface area contributed by atoms with E-state index in [0.29, 0.717) is 41.5 Å². The van der Waals surface area contributed by atoms with E-state index in [1.807, 2.05) is 60.7 Å². The Bertz CT molecular complexity index is 1210. The van der Waals surface area contributed by atoms with Crippen molar-refractivity contribution < 1.29 is 17.9 Å². The van der Waals surface area contributed by atoms with Crippen LogP contribution in [-0.4, -0.2) is 45.5 Å². The average molecular weight is 483 g/mol. The van der Waals surface area contributed by atoms with Gasteiger partial charge in [0.05, 0.1) is 7.11 Å². The van der Waals surface area contributed by atoms with Gasteiger partial charge in [-0.2, -0.15) is 0 Å². The van der Waals surface area contributed by atoms with E-state index in [4.69, 9.17) is 4.74 Å². The van der Waals surface area contributed by atoms with E-state index < -0.39 is 10.0 Å². The van der Waals surface area contributed by atoms with Crippen molar-refractivity contribution in [3.8, 4) is 5.75 Å². The van der Waals surface area contributed by atoms with Crippen molar-refractivity contribution in [3.05, 3.63) is 83.2 Å². The predicted octanol–water partition coefficient (Wildman–Crippen LogP) is 4.27. The lowest BCUT2D eigenvalue weighted by atomic mass is 9.99. The molecule has 0 radical (unpaired) electrons. The molecule has 1 N–H and O–H groups in total. The number of hydrogen-bond donors (Lipinski definition) is 1. The Morgan fingerprint density at radius 2 is 1.73 bits per heavy atom. The van der Waals surface area contributed by atoms with Gasteiger partial charge < -0.3 is 9.64 Å². The van der Waals surface area contributed by atoms with E-state index in [1.54, 1.807) is 29.5 Å². The summed E-state index contributed by atoms with van der Waals surface area (Å²) in [6.07, 6.45) is 2.99. The fourth-order valence-electron chi connectivity index (χ4n) is 3.89. The maximum atomic E-state index is 13.6. The Kier molecular flexibility index (Phi) is 7.27. The van der Waals surface area contributed by atoms with Gasteiger partial charge in [0.15, 0.2) is 0 Å². The third-order valence-electron chi connectivity index (χ3n) is 5.62. The summed E-state index contributed by atoms with van der Waals surface area (Å²) in [7, 11) is -1.91. The molecular weight excluding hydrogens is 456 g/mol. The molecule has 2 aromatic carbocycles. The summed E-state index contributed by atoms with van der Waals surface area (Å²) in [4.78, 5) is 15.4. The molecule has 6 nitrogen and oxygen atoms in total. The lowest BCUT2D eigenvalue weighted by Gasteiger charge is -2.33. The third kappa shape index (κ3) is 5.52. The van der Waals surface area contributed by atoms with Crippen LogP contribution >= 0.6 is 11.3 Å². The molecule has 1 amide bonds. The number of nitrogens with one attached hydrogen (secondary N) is 1.